The van der Waals surface area contributed by atoms with Crippen molar-refractivity contribution in [1.29, 1.82) is 0 Å². The van der Waals surface area contributed by atoms with E-state index in [-0.39, 0.29) is 23.3 Å². The molecule has 1 N–H and O–H groups in total. The summed E-state index contributed by atoms with van der Waals surface area (Å²) in [5, 5.41) is 4.35. The Labute approximate surface area is 180 Å². The molecule has 0 atom stereocenters. The lowest BCUT2D eigenvalue weighted by Crippen LogP contribution is -2.35. The molecule has 1 heterocycles. The average Bonchev–Trinajstić information content (AvgIpc) is 3.04. The normalized spacial score (nSPS) is 15.1. The third-order valence-corrected chi connectivity index (χ3v) is 6.54. The van der Waals surface area contributed by atoms with Crippen molar-refractivity contribution >= 4 is 28.6 Å². The van der Waals surface area contributed by atoms with Gasteiger partial charge in [-0.1, -0.05) is 79.9 Å². The topological polar surface area (TPSA) is 64.0 Å². The van der Waals surface area contributed by atoms with Gasteiger partial charge in [-0.2, -0.15) is 0 Å². The van der Waals surface area contributed by atoms with Gasteiger partial charge in [0.25, 0.3) is 5.56 Å². The van der Waals surface area contributed by atoms with Crippen molar-refractivity contribution in [2.24, 2.45) is 0 Å². The summed E-state index contributed by atoms with van der Waals surface area (Å²) in [4.78, 5) is 30.4. The number of amides is 1. The Bertz CT molecular complexity index is 1060. The summed E-state index contributed by atoms with van der Waals surface area (Å²) in [7, 11) is 0. The minimum absolute atomic E-state index is 0.0144. The number of carbonyl (C=O) groups is 1. The highest BCUT2D eigenvalue weighted by Crippen LogP contribution is 2.20. The van der Waals surface area contributed by atoms with E-state index in [9.17, 15) is 9.59 Å². The second kappa shape index (κ2) is 9.94. The fourth-order valence-electron chi connectivity index (χ4n) is 3.99. The van der Waals surface area contributed by atoms with Crippen LogP contribution in [0.15, 0.2) is 64.5 Å². The molecule has 0 unspecified atom stereocenters. The Morgan fingerprint density at radius 1 is 1.00 bits per heavy atom. The van der Waals surface area contributed by atoms with E-state index in [1.807, 2.05) is 48.5 Å². The van der Waals surface area contributed by atoms with Crippen molar-refractivity contribution in [2.45, 2.75) is 56.3 Å². The maximum absolute atomic E-state index is 13.2. The minimum Gasteiger partial charge on any atom is -0.353 e. The molecule has 1 saturated carbocycles. The average molecular weight is 422 g/mol. The van der Waals surface area contributed by atoms with E-state index in [1.54, 1.807) is 10.6 Å². The smallest absolute Gasteiger partial charge is 0.262 e. The molecule has 6 heteroatoms. The van der Waals surface area contributed by atoms with Crippen LogP contribution in [-0.2, 0) is 11.3 Å². The molecule has 1 aliphatic rings. The quantitative estimate of drug-likeness (QED) is 0.365. The fraction of sp³-hybridized carbons (Fsp3) is 0.375. The molecule has 1 amide bonds. The number of carbonyl (C=O) groups excluding carboxylic acids is 1. The Morgan fingerprint density at radius 2 is 1.70 bits per heavy atom. The summed E-state index contributed by atoms with van der Waals surface area (Å²) in [6, 6.07) is 17.5. The molecule has 0 aliphatic heterocycles. The van der Waals surface area contributed by atoms with Crippen LogP contribution in [0.3, 0.4) is 0 Å². The van der Waals surface area contributed by atoms with Gasteiger partial charge in [-0.15, -0.1) is 0 Å². The van der Waals surface area contributed by atoms with Gasteiger partial charge >= 0.3 is 0 Å². The van der Waals surface area contributed by atoms with E-state index in [1.165, 1.54) is 37.4 Å². The molecule has 2 aromatic carbocycles. The first kappa shape index (κ1) is 20.7. The first-order valence-electron chi connectivity index (χ1n) is 10.7. The summed E-state index contributed by atoms with van der Waals surface area (Å²) in [6.07, 6.45) is 7.00. The maximum atomic E-state index is 13.2. The third-order valence-electron chi connectivity index (χ3n) is 5.56. The van der Waals surface area contributed by atoms with Crippen LogP contribution >= 0.6 is 11.8 Å². The number of nitrogens with zero attached hydrogens (tertiary/aromatic N) is 2. The maximum Gasteiger partial charge on any atom is 0.262 e. The van der Waals surface area contributed by atoms with Crippen molar-refractivity contribution in [3.63, 3.8) is 0 Å². The Morgan fingerprint density at radius 3 is 2.47 bits per heavy atom. The Balaban J connectivity index is 1.55. The van der Waals surface area contributed by atoms with Crippen molar-refractivity contribution < 1.29 is 4.79 Å². The van der Waals surface area contributed by atoms with Gasteiger partial charge in [-0.25, -0.2) is 4.98 Å². The van der Waals surface area contributed by atoms with Crippen LogP contribution in [0.5, 0.6) is 0 Å². The summed E-state index contributed by atoms with van der Waals surface area (Å²) in [5.41, 5.74) is 1.62. The molecule has 0 radical (unpaired) electrons. The number of nitrogens with one attached hydrogen (secondary N) is 1. The van der Waals surface area contributed by atoms with Gasteiger partial charge in [-0.05, 0) is 30.5 Å². The molecule has 4 rings (SSSR count). The van der Waals surface area contributed by atoms with Crippen molar-refractivity contribution in [3.05, 3.63) is 70.5 Å². The van der Waals surface area contributed by atoms with Crippen molar-refractivity contribution in [3.8, 4) is 0 Å². The highest BCUT2D eigenvalue weighted by atomic mass is 32.2. The number of thioether (sulfide) groups is 1. The number of aromatic nitrogens is 2. The number of para-hydroxylation sites is 1. The molecule has 156 valence electrons. The number of rotatable bonds is 6. The van der Waals surface area contributed by atoms with Gasteiger partial charge in [-0.3, -0.25) is 14.2 Å². The molecule has 3 aromatic rings. The van der Waals surface area contributed by atoms with Crippen molar-refractivity contribution in [2.75, 3.05) is 5.75 Å². The summed E-state index contributed by atoms with van der Waals surface area (Å²) >= 11 is 1.34. The van der Waals surface area contributed by atoms with Crippen LogP contribution in [0.1, 0.15) is 44.1 Å². The van der Waals surface area contributed by atoms with Crippen LogP contribution in [-0.4, -0.2) is 27.3 Å². The lowest BCUT2D eigenvalue weighted by Gasteiger charge is -2.17. The summed E-state index contributed by atoms with van der Waals surface area (Å²) < 4.78 is 1.68. The van der Waals surface area contributed by atoms with Crippen LogP contribution in [0.4, 0.5) is 0 Å². The van der Waals surface area contributed by atoms with Gasteiger partial charge in [0, 0.05) is 6.04 Å². The summed E-state index contributed by atoms with van der Waals surface area (Å²) in [5.74, 6) is 0.274. The number of hydrogen-bond acceptors (Lipinski definition) is 4. The molecule has 0 saturated heterocycles. The molecule has 30 heavy (non-hydrogen) atoms. The molecule has 1 aromatic heterocycles. The van der Waals surface area contributed by atoms with Crippen LogP contribution in [0.25, 0.3) is 10.9 Å². The lowest BCUT2D eigenvalue weighted by atomic mass is 10.1. The van der Waals surface area contributed by atoms with E-state index in [4.69, 9.17) is 4.98 Å². The SMILES string of the molecule is O=C(CSc1nc2ccccc2c(=O)n1Cc1ccccc1)NC1CCCCCC1. The zero-order valence-corrected chi connectivity index (χ0v) is 17.9. The van der Waals surface area contributed by atoms with Crippen molar-refractivity contribution in [1.82, 2.24) is 14.9 Å². The fourth-order valence-corrected chi connectivity index (χ4v) is 4.80. The second-order valence-corrected chi connectivity index (χ2v) is 8.78. The number of fused-ring (bicyclic) bond motifs is 1. The van der Waals surface area contributed by atoms with Gasteiger partial charge in [0.2, 0.25) is 5.91 Å². The van der Waals surface area contributed by atoms with E-state index in [0.29, 0.717) is 22.6 Å². The molecule has 1 fully saturated rings. The van der Waals surface area contributed by atoms with E-state index >= 15 is 0 Å². The molecule has 0 spiro atoms. The Kier molecular flexibility index (Phi) is 6.84. The zero-order valence-electron chi connectivity index (χ0n) is 17.0. The van der Waals surface area contributed by atoms with Gasteiger partial charge < -0.3 is 5.32 Å². The minimum atomic E-state index is -0.0730. The monoisotopic (exact) mass is 421 g/mol. The standard InChI is InChI=1S/C24H27N3O2S/c28-22(25-19-12-6-1-2-7-13-19)17-30-24-26-21-15-9-8-14-20(21)23(29)27(24)16-18-10-4-3-5-11-18/h3-5,8-11,14-15,19H,1-2,6-7,12-13,16-17H2,(H,25,28). The molecule has 1 aliphatic carbocycles. The first-order chi connectivity index (χ1) is 14.7. The number of hydrogen-bond donors (Lipinski definition) is 1. The first-order valence-corrected chi connectivity index (χ1v) is 11.6. The molecular weight excluding hydrogens is 394 g/mol. The van der Waals surface area contributed by atoms with Gasteiger partial charge in [0.1, 0.15) is 0 Å². The van der Waals surface area contributed by atoms with Crippen LogP contribution < -0.4 is 10.9 Å². The summed E-state index contributed by atoms with van der Waals surface area (Å²) in [6.45, 7) is 0.435. The van der Waals surface area contributed by atoms with E-state index in [0.717, 1.165) is 18.4 Å². The third kappa shape index (κ3) is 5.11. The number of benzene rings is 2. The highest BCUT2D eigenvalue weighted by molar-refractivity contribution is 7.99. The zero-order chi connectivity index (χ0) is 20.8. The largest absolute Gasteiger partial charge is 0.353 e. The van der Waals surface area contributed by atoms with E-state index < -0.39 is 0 Å². The van der Waals surface area contributed by atoms with Crippen LogP contribution in [0, 0.1) is 0 Å². The highest BCUT2D eigenvalue weighted by Gasteiger charge is 2.17. The lowest BCUT2D eigenvalue weighted by molar-refractivity contribution is -0.119. The molecular formula is C24H27N3O2S. The Hall–Kier alpha value is -2.60. The predicted molar refractivity (Wildman–Crippen MR) is 122 cm³/mol. The van der Waals surface area contributed by atoms with Gasteiger partial charge in [0.05, 0.1) is 23.2 Å². The predicted octanol–water partition coefficient (Wildman–Crippen LogP) is 4.38. The molecule has 0 bridgehead atoms. The second-order valence-electron chi connectivity index (χ2n) is 7.83. The van der Waals surface area contributed by atoms with Gasteiger partial charge in [0.15, 0.2) is 5.16 Å². The molecule has 5 nitrogen and oxygen atoms in total. The van der Waals surface area contributed by atoms with Crippen LogP contribution in [0.2, 0.25) is 0 Å². The van der Waals surface area contributed by atoms with E-state index in [2.05, 4.69) is 5.32 Å².